The molecule has 0 aliphatic carbocycles. The predicted octanol–water partition coefficient (Wildman–Crippen LogP) is 4.96. The molecule has 6 nitrogen and oxygen atoms in total. The average molecular weight is 397 g/mol. The first-order valence-electron chi connectivity index (χ1n) is 9.77. The Balaban J connectivity index is 1.78. The van der Waals surface area contributed by atoms with Crippen molar-refractivity contribution in [2.24, 2.45) is 0 Å². The molecule has 2 heterocycles. The molecule has 2 N–H and O–H groups in total. The molecule has 0 saturated heterocycles. The van der Waals surface area contributed by atoms with E-state index in [9.17, 15) is 4.79 Å². The summed E-state index contributed by atoms with van der Waals surface area (Å²) in [4.78, 5) is 26.5. The summed E-state index contributed by atoms with van der Waals surface area (Å²) in [6.45, 7) is 5.81. The van der Waals surface area contributed by atoms with Gasteiger partial charge in [0.15, 0.2) is 5.82 Å². The van der Waals surface area contributed by atoms with Crippen molar-refractivity contribution in [2.45, 2.75) is 26.3 Å². The standard InChI is InChI=1S/C24H23N5O/c1-24(2,3)29-23(30)19-15-20(28-22(27-19)17-9-5-4-6-10-17)26-18-13-7-11-16-12-8-14-25-21(16)18/h4-15H,1-3H3,(H,29,30)(H,26,27,28). The maximum Gasteiger partial charge on any atom is 0.270 e. The number of pyridine rings is 1. The van der Waals surface area contributed by atoms with E-state index in [0.29, 0.717) is 17.3 Å². The van der Waals surface area contributed by atoms with Crippen molar-refractivity contribution in [3.05, 3.63) is 78.6 Å². The van der Waals surface area contributed by atoms with E-state index in [2.05, 4.69) is 25.6 Å². The molecule has 0 saturated carbocycles. The predicted molar refractivity (Wildman–Crippen MR) is 120 cm³/mol. The Morgan fingerprint density at radius 1 is 0.900 bits per heavy atom. The number of nitrogens with zero attached hydrogens (tertiary/aromatic N) is 3. The summed E-state index contributed by atoms with van der Waals surface area (Å²) >= 11 is 0. The fourth-order valence-electron chi connectivity index (χ4n) is 3.09. The molecule has 150 valence electrons. The van der Waals surface area contributed by atoms with Crippen LogP contribution in [-0.2, 0) is 0 Å². The smallest absolute Gasteiger partial charge is 0.270 e. The van der Waals surface area contributed by atoms with Crippen LogP contribution in [0.15, 0.2) is 72.9 Å². The Bertz CT molecular complexity index is 1190. The van der Waals surface area contributed by atoms with Gasteiger partial charge in [-0.25, -0.2) is 9.97 Å². The molecule has 1 amide bonds. The SMILES string of the molecule is CC(C)(C)NC(=O)c1cc(Nc2cccc3cccnc23)nc(-c2ccccc2)n1. The van der Waals surface area contributed by atoms with Crippen LogP contribution >= 0.6 is 0 Å². The number of hydrogen-bond acceptors (Lipinski definition) is 5. The van der Waals surface area contributed by atoms with E-state index in [-0.39, 0.29) is 11.4 Å². The third-order valence-electron chi connectivity index (χ3n) is 4.37. The summed E-state index contributed by atoms with van der Waals surface area (Å²) < 4.78 is 0. The van der Waals surface area contributed by atoms with Gasteiger partial charge in [0.1, 0.15) is 11.5 Å². The van der Waals surface area contributed by atoms with Gasteiger partial charge in [-0.2, -0.15) is 0 Å². The van der Waals surface area contributed by atoms with Gasteiger partial charge in [0, 0.05) is 28.8 Å². The highest BCUT2D eigenvalue weighted by atomic mass is 16.2. The van der Waals surface area contributed by atoms with Crippen LogP contribution in [0.25, 0.3) is 22.3 Å². The zero-order valence-corrected chi connectivity index (χ0v) is 17.2. The first kappa shape index (κ1) is 19.5. The van der Waals surface area contributed by atoms with Crippen molar-refractivity contribution in [3.8, 4) is 11.4 Å². The van der Waals surface area contributed by atoms with Crippen LogP contribution in [0.3, 0.4) is 0 Å². The number of nitrogens with one attached hydrogen (secondary N) is 2. The van der Waals surface area contributed by atoms with Crippen molar-refractivity contribution in [1.82, 2.24) is 20.3 Å². The van der Waals surface area contributed by atoms with E-state index in [1.165, 1.54) is 0 Å². The Labute approximate surface area is 175 Å². The van der Waals surface area contributed by atoms with E-state index < -0.39 is 0 Å². The van der Waals surface area contributed by atoms with E-state index >= 15 is 0 Å². The van der Waals surface area contributed by atoms with Crippen molar-refractivity contribution in [1.29, 1.82) is 0 Å². The molecule has 2 aromatic carbocycles. The lowest BCUT2D eigenvalue weighted by Gasteiger charge is -2.20. The van der Waals surface area contributed by atoms with Crippen LogP contribution in [0.2, 0.25) is 0 Å². The van der Waals surface area contributed by atoms with Gasteiger partial charge in [0.05, 0.1) is 11.2 Å². The van der Waals surface area contributed by atoms with Crippen LogP contribution < -0.4 is 10.6 Å². The fraction of sp³-hybridized carbons (Fsp3) is 0.167. The Kier molecular flexibility index (Phi) is 5.14. The molecule has 4 aromatic rings. The molecule has 0 spiro atoms. The highest BCUT2D eigenvalue weighted by Crippen LogP contribution is 2.25. The number of carbonyl (C=O) groups is 1. The summed E-state index contributed by atoms with van der Waals surface area (Å²) in [5, 5.41) is 7.31. The lowest BCUT2D eigenvalue weighted by atomic mass is 10.1. The maximum absolute atomic E-state index is 12.8. The van der Waals surface area contributed by atoms with Gasteiger partial charge in [0.2, 0.25) is 0 Å². The molecular weight excluding hydrogens is 374 g/mol. The third-order valence-corrected chi connectivity index (χ3v) is 4.37. The van der Waals surface area contributed by atoms with Gasteiger partial charge in [-0.3, -0.25) is 9.78 Å². The zero-order valence-electron chi connectivity index (χ0n) is 17.2. The van der Waals surface area contributed by atoms with Gasteiger partial charge in [-0.15, -0.1) is 0 Å². The number of aromatic nitrogens is 3. The summed E-state index contributed by atoms with van der Waals surface area (Å²) in [7, 11) is 0. The number of para-hydroxylation sites is 1. The molecule has 30 heavy (non-hydrogen) atoms. The minimum absolute atomic E-state index is 0.249. The van der Waals surface area contributed by atoms with Crippen LogP contribution in [0, 0.1) is 0 Å². The number of anilines is 2. The third kappa shape index (κ3) is 4.43. The number of hydrogen-bond donors (Lipinski definition) is 2. The second-order valence-electron chi connectivity index (χ2n) is 8.04. The Morgan fingerprint density at radius 3 is 2.43 bits per heavy atom. The molecular formula is C24H23N5O. The van der Waals surface area contributed by atoms with E-state index in [4.69, 9.17) is 0 Å². The van der Waals surface area contributed by atoms with Crippen molar-refractivity contribution in [3.63, 3.8) is 0 Å². The first-order chi connectivity index (χ1) is 14.4. The van der Waals surface area contributed by atoms with E-state index in [1.54, 1.807) is 12.3 Å². The van der Waals surface area contributed by atoms with Crippen molar-refractivity contribution in [2.75, 3.05) is 5.32 Å². The number of amides is 1. The largest absolute Gasteiger partial charge is 0.346 e. The molecule has 4 rings (SSSR count). The van der Waals surface area contributed by atoms with Gasteiger partial charge in [-0.05, 0) is 32.9 Å². The molecule has 6 heteroatoms. The number of rotatable bonds is 4. The maximum atomic E-state index is 12.8. The normalized spacial score (nSPS) is 11.3. The lowest BCUT2D eigenvalue weighted by Crippen LogP contribution is -2.41. The number of fused-ring (bicyclic) bond motifs is 1. The second-order valence-corrected chi connectivity index (χ2v) is 8.04. The highest BCUT2D eigenvalue weighted by molar-refractivity contribution is 5.95. The van der Waals surface area contributed by atoms with Gasteiger partial charge in [-0.1, -0.05) is 48.5 Å². The fourth-order valence-corrected chi connectivity index (χ4v) is 3.09. The molecule has 0 fully saturated rings. The minimum Gasteiger partial charge on any atom is -0.346 e. The zero-order chi connectivity index (χ0) is 21.1. The highest BCUT2D eigenvalue weighted by Gasteiger charge is 2.19. The Morgan fingerprint density at radius 2 is 1.67 bits per heavy atom. The molecule has 0 aliphatic heterocycles. The summed E-state index contributed by atoms with van der Waals surface area (Å²) in [5.74, 6) is 0.759. The lowest BCUT2D eigenvalue weighted by molar-refractivity contribution is 0.0914. The molecule has 0 unspecified atom stereocenters. The monoisotopic (exact) mass is 397 g/mol. The quantitative estimate of drug-likeness (QED) is 0.509. The van der Waals surface area contributed by atoms with E-state index in [0.717, 1.165) is 22.2 Å². The number of benzene rings is 2. The first-order valence-corrected chi connectivity index (χ1v) is 9.77. The van der Waals surface area contributed by atoms with E-state index in [1.807, 2.05) is 81.4 Å². The van der Waals surface area contributed by atoms with Crippen LogP contribution in [0.4, 0.5) is 11.5 Å². The molecule has 0 atom stereocenters. The number of carbonyl (C=O) groups excluding carboxylic acids is 1. The summed E-state index contributed by atoms with van der Waals surface area (Å²) in [5.41, 5.74) is 2.41. The van der Waals surface area contributed by atoms with Crippen LogP contribution in [-0.4, -0.2) is 26.4 Å². The molecule has 0 aliphatic rings. The minimum atomic E-state index is -0.373. The second kappa shape index (κ2) is 7.91. The van der Waals surface area contributed by atoms with Gasteiger partial charge < -0.3 is 10.6 Å². The topological polar surface area (TPSA) is 79.8 Å². The van der Waals surface area contributed by atoms with Crippen molar-refractivity contribution < 1.29 is 4.79 Å². The molecule has 0 bridgehead atoms. The summed E-state index contributed by atoms with van der Waals surface area (Å²) in [6.07, 6.45) is 1.76. The van der Waals surface area contributed by atoms with Crippen LogP contribution in [0.5, 0.6) is 0 Å². The van der Waals surface area contributed by atoms with Crippen LogP contribution in [0.1, 0.15) is 31.3 Å². The molecule has 2 aromatic heterocycles. The average Bonchev–Trinajstić information content (AvgIpc) is 2.73. The summed E-state index contributed by atoms with van der Waals surface area (Å²) in [6, 6.07) is 21.1. The van der Waals surface area contributed by atoms with Gasteiger partial charge >= 0.3 is 0 Å². The van der Waals surface area contributed by atoms with Crippen molar-refractivity contribution >= 4 is 28.3 Å². The molecule has 0 radical (unpaired) electrons. The Hall–Kier alpha value is -3.80. The van der Waals surface area contributed by atoms with Gasteiger partial charge in [0.25, 0.3) is 5.91 Å².